The highest BCUT2D eigenvalue weighted by atomic mass is 35.5. The highest BCUT2D eigenvalue weighted by Gasteiger charge is 2.12. The largest absolute Gasteiger partial charge is 0.400 e. The second-order valence-corrected chi connectivity index (χ2v) is 5.46. The Morgan fingerprint density at radius 3 is 2.16 bits per heavy atom. The van der Waals surface area contributed by atoms with Crippen molar-refractivity contribution in [2.24, 2.45) is 0 Å². The van der Waals surface area contributed by atoms with Gasteiger partial charge in [-0.15, -0.1) is 0 Å². The molecule has 3 rings (SSSR count). The zero-order valence-corrected chi connectivity index (χ0v) is 14.5. The lowest BCUT2D eigenvalue weighted by Gasteiger charge is -2.02. The SMILES string of the molecule is Cc1cc(OC(=O)c2ccccc2C)no1.O=C(Cl)c1ccccc1. The molecule has 128 valence electrons. The van der Waals surface area contributed by atoms with E-state index in [2.05, 4.69) is 5.16 Å². The Morgan fingerprint density at radius 2 is 1.64 bits per heavy atom. The zero-order chi connectivity index (χ0) is 18.2. The number of aryl methyl sites for hydroxylation is 2. The summed E-state index contributed by atoms with van der Waals surface area (Å²) < 4.78 is 9.86. The maximum atomic E-state index is 11.7. The van der Waals surface area contributed by atoms with Crippen molar-refractivity contribution in [3.8, 4) is 5.88 Å². The van der Waals surface area contributed by atoms with E-state index < -0.39 is 11.2 Å². The van der Waals surface area contributed by atoms with Crippen molar-refractivity contribution in [1.82, 2.24) is 5.16 Å². The first-order valence-electron chi connectivity index (χ1n) is 7.43. The minimum absolute atomic E-state index is 0.186. The minimum Gasteiger partial charge on any atom is -0.400 e. The van der Waals surface area contributed by atoms with Crippen LogP contribution in [0, 0.1) is 13.8 Å². The first-order valence-corrected chi connectivity index (χ1v) is 7.81. The molecule has 1 aromatic heterocycles. The topological polar surface area (TPSA) is 69.4 Å². The molecule has 1 heterocycles. The van der Waals surface area contributed by atoms with Crippen LogP contribution in [0.5, 0.6) is 5.88 Å². The van der Waals surface area contributed by atoms with E-state index in [-0.39, 0.29) is 5.88 Å². The molecule has 0 bridgehead atoms. The Balaban J connectivity index is 0.000000212. The van der Waals surface area contributed by atoms with E-state index in [1.165, 1.54) is 0 Å². The summed E-state index contributed by atoms with van der Waals surface area (Å²) in [7, 11) is 0. The van der Waals surface area contributed by atoms with Crippen LogP contribution in [0.15, 0.2) is 65.2 Å². The van der Waals surface area contributed by atoms with Crippen molar-refractivity contribution >= 4 is 22.8 Å². The molecule has 0 aliphatic heterocycles. The maximum absolute atomic E-state index is 11.7. The number of esters is 1. The fourth-order valence-corrected chi connectivity index (χ4v) is 2.04. The molecule has 2 aromatic carbocycles. The van der Waals surface area contributed by atoms with Gasteiger partial charge in [0.05, 0.1) is 5.56 Å². The summed E-state index contributed by atoms with van der Waals surface area (Å²) in [5.41, 5.74) is 1.94. The number of hydrogen-bond acceptors (Lipinski definition) is 5. The molecular weight excluding hydrogens is 342 g/mol. The van der Waals surface area contributed by atoms with Crippen LogP contribution in [0.4, 0.5) is 0 Å². The molecule has 0 aliphatic rings. The van der Waals surface area contributed by atoms with E-state index in [0.29, 0.717) is 16.9 Å². The molecule has 0 fully saturated rings. The van der Waals surface area contributed by atoms with Gasteiger partial charge in [0.25, 0.3) is 11.1 Å². The molecule has 0 amide bonds. The summed E-state index contributed by atoms with van der Waals surface area (Å²) in [6.45, 7) is 3.59. The van der Waals surface area contributed by atoms with Gasteiger partial charge in [0, 0.05) is 11.6 Å². The number of nitrogens with zero attached hydrogens (tertiary/aromatic N) is 1. The molecule has 25 heavy (non-hydrogen) atoms. The zero-order valence-electron chi connectivity index (χ0n) is 13.7. The molecule has 0 aliphatic carbocycles. The number of carbonyl (C=O) groups excluding carboxylic acids is 2. The lowest BCUT2D eigenvalue weighted by molar-refractivity contribution is 0.0720. The van der Waals surface area contributed by atoms with Gasteiger partial charge in [-0.25, -0.2) is 4.79 Å². The van der Waals surface area contributed by atoms with Gasteiger partial charge in [-0.1, -0.05) is 48.5 Å². The summed E-state index contributed by atoms with van der Waals surface area (Å²) in [5.74, 6) is 0.365. The first-order chi connectivity index (χ1) is 12.0. The predicted molar refractivity (Wildman–Crippen MR) is 94.0 cm³/mol. The van der Waals surface area contributed by atoms with Crippen molar-refractivity contribution in [3.05, 3.63) is 83.1 Å². The minimum atomic E-state index is -0.425. The third-order valence-electron chi connectivity index (χ3n) is 3.17. The Hall–Kier alpha value is -2.92. The van der Waals surface area contributed by atoms with Crippen LogP contribution in [0.25, 0.3) is 0 Å². The molecular formula is C19H16ClNO4. The van der Waals surface area contributed by atoms with Crippen molar-refractivity contribution in [2.45, 2.75) is 13.8 Å². The number of rotatable bonds is 3. The fourth-order valence-electron chi connectivity index (χ4n) is 1.91. The van der Waals surface area contributed by atoms with Gasteiger partial charge in [0.15, 0.2) is 0 Å². The summed E-state index contributed by atoms with van der Waals surface area (Å²) in [6, 6.07) is 17.5. The van der Waals surface area contributed by atoms with Gasteiger partial charge >= 0.3 is 5.97 Å². The quantitative estimate of drug-likeness (QED) is 0.507. The van der Waals surface area contributed by atoms with E-state index in [1.807, 2.05) is 25.1 Å². The monoisotopic (exact) mass is 357 g/mol. The van der Waals surface area contributed by atoms with Crippen LogP contribution in [0.1, 0.15) is 32.0 Å². The molecule has 0 spiro atoms. The molecule has 3 aromatic rings. The summed E-state index contributed by atoms with van der Waals surface area (Å²) in [5, 5.41) is 3.19. The molecule has 0 radical (unpaired) electrons. The summed E-state index contributed by atoms with van der Waals surface area (Å²) in [4.78, 5) is 22.2. The highest BCUT2D eigenvalue weighted by Crippen LogP contribution is 2.14. The second-order valence-electron chi connectivity index (χ2n) is 5.12. The van der Waals surface area contributed by atoms with Crippen LogP contribution in [-0.4, -0.2) is 16.4 Å². The van der Waals surface area contributed by atoms with Crippen molar-refractivity contribution in [3.63, 3.8) is 0 Å². The Kier molecular flexibility index (Phi) is 6.48. The first kappa shape index (κ1) is 18.4. The average molecular weight is 358 g/mol. The molecule has 0 unspecified atom stereocenters. The molecule has 0 saturated heterocycles. The summed E-state index contributed by atoms with van der Waals surface area (Å²) in [6.07, 6.45) is 0. The molecule has 5 nitrogen and oxygen atoms in total. The molecule has 0 N–H and O–H groups in total. The van der Waals surface area contributed by atoms with Crippen LogP contribution in [-0.2, 0) is 0 Å². The lowest BCUT2D eigenvalue weighted by Crippen LogP contribution is -2.10. The molecule has 0 saturated carbocycles. The second kappa shape index (κ2) is 8.80. The van der Waals surface area contributed by atoms with E-state index in [0.717, 1.165) is 5.56 Å². The number of benzene rings is 2. The van der Waals surface area contributed by atoms with Gasteiger partial charge in [-0.05, 0) is 42.2 Å². The summed E-state index contributed by atoms with van der Waals surface area (Å²) >= 11 is 5.16. The van der Waals surface area contributed by atoms with E-state index in [4.69, 9.17) is 20.9 Å². The smallest absolute Gasteiger partial charge is 0.345 e. The van der Waals surface area contributed by atoms with Gasteiger partial charge in [-0.3, -0.25) is 4.79 Å². The third kappa shape index (κ3) is 5.58. The third-order valence-corrected chi connectivity index (χ3v) is 3.39. The Bertz CT molecular complexity index is 859. The highest BCUT2D eigenvalue weighted by molar-refractivity contribution is 6.67. The maximum Gasteiger partial charge on any atom is 0.345 e. The number of carbonyl (C=O) groups is 2. The Labute approximate surface area is 150 Å². The fraction of sp³-hybridized carbons (Fsp3) is 0.105. The average Bonchev–Trinajstić information content (AvgIpc) is 3.01. The van der Waals surface area contributed by atoms with E-state index in [9.17, 15) is 9.59 Å². The van der Waals surface area contributed by atoms with Crippen LogP contribution in [0.3, 0.4) is 0 Å². The predicted octanol–water partition coefficient (Wildman–Crippen LogP) is 4.58. The molecule has 0 atom stereocenters. The van der Waals surface area contributed by atoms with Gasteiger partial charge in [-0.2, -0.15) is 0 Å². The van der Waals surface area contributed by atoms with Gasteiger partial charge < -0.3 is 9.26 Å². The van der Waals surface area contributed by atoms with Crippen molar-refractivity contribution < 1.29 is 18.8 Å². The van der Waals surface area contributed by atoms with Crippen LogP contribution >= 0.6 is 11.6 Å². The lowest BCUT2D eigenvalue weighted by atomic mass is 10.1. The number of hydrogen-bond donors (Lipinski definition) is 0. The standard InChI is InChI=1S/C12H11NO3.C7H5ClO/c1-8-5-3-4-6-10(8)12(14)15-11-7-9(2)16-13-11;8-7(9)6-4-2-1-3-5-6/h3-7H,1-2H3;1-5H. The van der Waals surface area contributed by atoms with Gasteiger partial charge in [0.2, 0.25) is 0 Å². The van der Waals surface area contributed by atoms with E-state index in [1.54, 1.807) is 49.4 Å². The van der Waals surface area contributed by atoms with Crippen molar-refractivity contribution in [1.29, 1.82) is 0 Å². The normalized spacial score (nSPS) is 9.72. The van der Waals surface area contributed by atoms with Crippen LogP contribution < -0.4 is 4.74 Å². The van der Waals surface area contributed by atoms with E-state index >= 15 is 0 Å². The number of aromatic nitrogens is 1. The van der Waals surface area contributed by atoms with Crippen LogP contribution in [0.2, 0.25) is 0 Å². The number of ether oxygens (including phenoxy) is 1. The molecule has 6 heteroatoms. The Morgan fingerprint density at radius 1 is 1.00 bits per heavy atom. The van der Waals surface area contributed by atoms with Crippen molar-refractivity contribution in [2.75, 3.05) is 0 Å². The number of halogens is 1. The van der Waals surface area contributed by atoms with Gasteiger partial charge in [0.1, 0.15) is 5.76 Å².